The Balaban J connectivity index is 1.69. The molecular weight excluding hydrogens is 768 g/mol. The van der Waals surface area contributed by atoms with Gasteiger partial charge in [-0.25, -0.2) is 14.4 Å². The summed E-state index contributed by atoms with van der Waals surface area (Å²) in [6.07, 6.45) is -10.5. The van der Waals surface area contributed by atoms with E-state index in [0.717, 1.165) is 64.0 Å². The number of rotatable bonds is 16. The number of benzene rings is 2. The zero-order valence-corrected chi connectivity index (χ0v) is 32.8. The first-order valence-corrected chi connectivity index (χ1v) is 18.1. The lowest BCUT2D eigenvalue weighted by molar-refractivity contribution is -0.325. The Morgan fingerprint density at radius 1 is 0.828 bits per heavy atom. The fourth-order valence-corrected chi connectivity index (χ4v) is 7.03. The minimum Gasteiger partial charge on any atom is -0.480 e. The smallest absolute Gasteiger partial charge is 0.407 e. The largest absolute Gasteiger partial charge is 0.480 e. The van der Waals surface area contributed by atoms with Gasteiger partial charge in [-0.1, -0.05) is 48.5 Å². The summed E-state index contributed by atoms with van der Waals surface area (Å²) in [6.45, 7) is 5.42. The number of aliphatic carboxylic acids is 1. The first-order chi connectivity index (χ1) is 27.4. The average Bonchev–Trinajstić information content (AvgIpc) is 3.46. The van der Waals surface area contributed by atoms with Crippen LogP contribution in [-0.2, 0) is 71.5 Å². The lowest BCUT2D eigenvalue weighted by Gasteiger charge is -2.49. The number of esters is 5. The highest BCUT2D eigenvalue weighted by Gasteiger charge is 2.60. The minimum atomic E-state index is -2.74. The Hall–Kier alpha value is -6.08. The number of ether oxygens (including phenoxy) is 8. The number of carbonyl (C=O) groups excluding carboxylic acids is 7. The van der Waals surface area contributed by atoms with Crippen LogP contribution in [0.3, 0.4) is 0 Å². The molecule has 58 heavy (non-hydrogen) atoms. The molecule has 8 atom stereocenters. The fourth-order valence-electron chi connectivity index (χ4n) is 7.03. The number of nitrogens with one attached hydrogen (secondary N) is 2. The molecule has 2 amide bonds. The number of fused-ring (bicyclic) bond motifs is 3. The number of amides is 2. The van der Waals surface area contributed by atoms with Crippen molar-refractivity contribution in [3.05, 3.63) is 59.7 Å². The lowest BCUT2D eigenvalue weighted by Crippen LogP contribution is -2.70. The summed E-state index contributed by atoms with van der Waals surface area (Å²) in [4.78, 5) is 101. The van der Waals surface area contributed by atoms with Crippen molar-refractivity contribution in [1.29, 1.82) is 0 Å². The Bertz CT molecular complexity index is 1850. The first-order valence-electron chi connectivity index (χ1n) is 18.1. The van der Waals surface area contributed by atoms with E-state index in [9.17, 15) is 43.5 Å². The van der Waals surface area contributed by atoms with E-state index in [4.69, 9.17) is 37.9 Å². The second-order valence-electron chi connectivity index (χ2n) is 13.5. The summed E-state index contributed by atoms with van der Waals surface area (Å²) < 4.78 is 44.3. The van der Waals surface area contributed by atoms with Crippen LogP contribution in [-0.4, -0.2) is 122 Å². The van der Waals surface area contributed by atoms with Crippen LogP contribution >= 0.6 is 0 Å². The Morgan fingerprint density at radius 2 is 1.41 bits per heavy atom. The summed E-state index contributed by atoms with van der Waals surface area (Å²) in [7, 11) is 0.937. The third kappa shape index (κ3) is 10.9. The number of carboxylic acids is 1. The lowest BCUT2D eigenvalue weighted by atomic mass is 9.87. The van der Waals surface area contributed by atoms with Gasteiger partial charge in [-0.2, -0.15) is 0 Å². The van der Waals surface area contributed by atoms with E-state index in [1.165, 1.54) is 6.92 Å². The van der Waals surface area contributed by atoms with Crippen LogP contribution in [0.2, 0.25) is 0 Å². The number of alkyl carbamates (subject to hydrolysis) is 1. The van der Waals surface area contributed by atoms with Crippen molar-refractivity contribution in [1.82, 2.24) is 10.6 Å². The maximum absolute atomic E-state index is 13.8. The quantitative estimate of drug-likeness (QED) is 0.162. The molecule has 0 unspecified atom stereocenters. The minimum absolute atomic E-state index is 0.165. The Labute approximate surface area is 332 Å². The second kappa shape index (κ2) is 19.4. The molecule has 0 spiro atoms. The van der Waals surface area contributed by atoms with E-state index in [1.54, 1.807) is 0 Å². The molecule has 19 heteroatoms. The van der Waals surface area contributed by atoms with Crippen molar-refractivity contribution in [2.24, 2.45) is 0 Å². The number of hydrogen-bond donors (Lipinski definition) is 3. The molecule has 2 aromatic rings. The van der Waals surface area contributed by atoms with Gasteiger partial charge in [-0.3, -0.25) is 24.0 Å². The van der Waals surface area contributed by atoms with Crippen molar-refractivity contribution in [2.45, 2.75) is 102 Å². The van der Waals surface area contributed by atoms with Gasteiger partial charge < -0.3 is 53.6 Å². The summed E-state index contributed by atoms with van der Waals surface area (Å²) in [5.74, 6) is -10.5. The van der Waals surface area contributed by atoms with Crippen LogP contribution < -0.4 is 10.6 Å². The van der Waals surface area contributed by atoms with Gasteiger partial charge >= 0.3 is 41.9 Å². The predicted molar refractivity (Wildman–Crippen MR) is 195 cm³/mol. The number of carbonyl (C=O) groups is 8. The van der Waals surface area contributed by atoms with E-state index in [2.05, 4.69) is 10.6 Å². The maximum Gasteiger partial charge on any atom is 0.407 e. The van der Waals surface area contributed by atoms with Crippen molar-refractivity contribution in [2.75, 3.05) is 20.3 Å². The van der Waals surface area contributed by atoms with Crippen LogP contribution in [0.15, 0.2) is 48.5 Å². The van der Waals surface area contributed by atoms with Crippen LogP contribution in [0, 0.1) is 0 Å². The van der Waals surface area contributed by atoms with Crippen molar-refractivity contribution in [3.63, 3.8) is 0 Å². The first kappa shape index (κ1) is 44.6. The molecule has 4 rings (SSSR count). The molecular formula is C39H46N2O17. The zero-order valence-electron chi connectivity index (χ0n) is 32.8. The van der Waals surface area contributed by atoms with Gasteiger partial charge in [0.05, 0.1) is 25.7 Å². The van der Waals surface area contributed by atoms with Gasteiger partial charge in [0.25, 0.3) is 5.79 Å². The molecule has 1 fully saturated rings. The molecule has 0 bridgehead atoms. The molecule has 1 saturated heterocycles. The van der Waals surface area contributed by atoms with Crippen LogP contribution in [0.4, 0.5) is 4.79 Å². The molecule has 19 nitrogen and oxygen atoms in total. The van der Waals surface area contributed by atoms with Crippen LogP contribution in [0.25, 0.3) is 11.1 Å². The summed E-state index contributed by atoms with van der Waals surface area (Å²) in [6, 6.07) is 11.7. The van der Waals surface area contributed by atoms with Gasteiger partial charge in [-0.05, 0) is 29.2 Å². The van der Waals surface area contributed by atoms with Gasteiger partial charge in [0, 0.05) is 40.5 Å². The number of methoxy groups -OCH3 is 1. The number of hydrogen-bond acceptors (Lipinski definition) is 16. The predicted octanol–water partition coefficient (Wildman–Crippen LogP) is 1.90. The van der Waals surface area contributed by atoms with E-state index < -0.39 is 109 Å². The molecule has 1 heterocycles. The average molecular weight is 815 g/mol. The zero-order chi connectivity index (χ0) is 42.9. The normalized spacial score (nSPS) is 21.6. The molecule has 0 saturated carbocycles. The van der Waals surface area contributed by atoms with E-state index >= 15 is 0 Å². The van der Waals surface area contributed by atoms with Gasteiger partial charge in [-0.15, -0.1) is 0 Å². The van der Waals surface area contributed by atoms with Crippen LogP contribution in [0.1, 0.15) is 65.0 Å². The molecule has 2 aliphatic rings. The fraction of sp³-hybridized carbons (Fsp3) is 0.487. The standard InChI is InChI=1S/C39H46N2O17/c1-19(32(36(47)48)41-38(50)53-17-29-27-14-10-8-12-25(27)26-13-9-11-15-28(26)29)57-39(37(49)51-7)16-30(54-22(4)44)33(40-20(2)42)35(58-39)34(56-24(6)46)31(55-23(5)45)18-52-21(3)43/h8-15,19,29-35H,16-18H2,1-7H3,(H,40,42)(H,41,50)(H,47,48)/t19-,30+,31+,32+,33-,34-,35-,39-/m1/s1. The Morgan fingerprint density at radius 3 is 1.91 bits per heavy atom. The third-order valence-corrected chi connectivity index (χ3v) is 9.22. The van der Waals surface area contributed by atoms with Crippen molar-refractivity contribution < 1.29 is 81.4 Å². The molecule has 2 aromatic carbocycles. The molecule has 1 aliphatic carbocycles. The molecule has 3 N–H and O–H groups in total. The highest BCUT2D eigenvalue weighted by atomic mass is 16.7. The van der Waals surface area contributed by atoms with E-state index in [1.807, 2.05) is 48.5 Å². The number of carboxylic acid groups (broad SMARTS) is 1. The monoisotopic (exact) mass is 814 g/mol. The molecule has 0 aromatic heterocycles. The highest BCUT2D eigenvalue weighted by Crippen LogP contribution is 2.44. The maximum atomic E-state index is 13.8. The summed E-state index contributed by atoms with van der Waals surface area (Å²) in [5, 5.41) is 15.1. The van der Waals surface area contributed by atoms with Crippen molar-refractivity contribution in [3.8, 4) is 11.1 Å². The molecule has 0 radical (unpaired) electrons. The summed E-state index contributed by atoms with van der Waals surface area (Å²) in [5.41, 5.74) is 3.74. The highest BCUT2D eigenvalue weighted by molar-refractivity contribution is 5.82. The van der Waals surface area contributed by atoms with Crippen LogP contribution in [0.5, 0.6) is 0 Å². The van der Waals surface area contributed by atoms with Gasteiger partial charge in [0.1, 0.15) is 25.4 Å². The summed E-state index contributed by atoms with van der Waals surface area (Å²) >= 11 is 0. The topological polar surface area (TPSA) is 255 Å². The molecule has 314 valence electrons. The van der Waals surface area contributed by atoms with Crippen molar-refractivity contribution >= 4 is 47.8 Å². The molecule has 1 aliphatic heterocycles. The third-order valence-electron chi connectivity index (χ3n) is 9.22. The second-order valence-corrected chi connectivity index (χ2v) is 13.5. The van der Waals surface area contributed by atoms with Gasteiger partial charge in [0.15, 0.2) is 18.2 Å². The van der Waals surface area contributed by atoms with Gasteiger partial charge in [0.2, 0.25) is 5.91 Å². The van der Waals surface area contributed by atoms with E-state index in [-0.39, 0.29) is 12.5 Å². The SMILES string of the molecule is COC(=O)[C@@]1(O[C@H](C)[C@H](NC(=O)OCC2c3ccccc3-c3ccccc32)C(=O)O)C[C@H](OC(C)=O)[C@@H](NC(C)=O)[C@H]([C@H](OC(C)=O)[C@H](COC(C)=O)OC(C)=O)O1. The Kier molecular flexibility index (Phi) is 14.9. The van der Waals surface area contributed by atoms with E-state index in [0.29, 0.717) is 0 Å².